The quantitative estimate of drug-likeness (QED) is 0.241. The average molecular weight is 536 g/mol. The van der Waals surface area contributed by atoms with Gasteiger partial charge in [-0.05, 0) is 67.8 Å². The SMILES string of the molecule is CCC(C(=O)N(CC(=O)N1CCn2cccc2C1c1cccc(Oc2ccccc2)c1)C(C)C)c1ccccc1. The molecule has 1 aromatic heterocycles. The van der Waals surface area contributed by atoms with Crippen LogP contribution in [0, 0.1) is 0 Å². The van der Waals surface area contributed by atoms with Crippen molar-refractivity contribution < 1.29 is 14.3 Å². The molecule has 0 spiro atoms. The fourth-order valence-corrected chi connectivity index (χ4v) is 5.57. The van der Waals surface area contributed by atoms with Crippen molar-refractivity contribution in [2.45, 2.75) is 51.7 Å². The smallest absolute Gasteiger partial charge is 0.243 e. The van der Waals surface area contributed by atoms with Crippen LogP contribution in [0.4, 0.5) is 0 Å². The molecule has 0 saturated heterocycles. The van der Waals surface area contributed by atoms with Crippen LogP contribution in [0.2, 0.25) is 0 Å². The Labute approximate surface area is 236 Å². The fourth-order valence-electron chi connectivity index (χ4n) is 5.57. The van der Waals surface area contributed by atoms with E-state index in [1.807, 2.05) is 117 Å². The van der Waals surface area contributed by atoms with Gasteiger partial charge in [-0.3, -0.25) is 9.59 Å². The summed E-state index contributed by atoms with van der Waals surface area (Å²) in [5.41, 5.74) is 3.01. The van der Waals surface area contributed by atoms with Crippen LogP contribution in [0.1, 0.15) is 56.0 Å². The lowest BCUT2D eigenvalue weighted by molar-refractivity contribution is -0.144. The van der Waals surface area contributed by atoms with Crippen molar-refractivity contribution >= 4 is 11.8 Å². The summed E-state index contributed by atoms with van der Waals surface area (Å²) in [6, 6.07) is 31.2. The molecule has 2 heterocycles. The molecule has 40 heavy (non-hydrogen) atoms. The summed E-state index contributed by atoms with van der Waals surface area (Å²) in [7, 11) is 0. The summed E-state index contributed by atoms with van der Waals surface area (Å²) < 4.78 is 8.32. The molecule has 5 rings (SSSR count). The fraction of sp³-hybridized carbons (Fsp3) is 0.294. The van der Waals surface area contributed by atoms with Gasteiger partial charge in [0.2, 0.25) is 11.8 Å². The van der Waals surface area contributed by atoms with Gasteiger partial charge in [0, 0.05) is 31.0 Å². The van der Waals surface area contributed by atoms with Crippen LogP contribution >= 0.6 is 0 Å². The first-order valence-corrected chi connectivity index (χ1v) is 14.1. The van der Waals surface area contributed by atoms with Crippen LogP contribution in [0.15, 0.2) is 103 Å². The largest absolute Gasteiger partial charge is 0.457 e. The number of carbonyl (C=O) groups excluding carboxylic acids is 2. The van der Waals surface area contributed by atoms with E-state index in [0.29, 0.717) is 25.3 Å². The summed E-state index contributed by atoms with van der Waals surface area (Å²) in [6.45, 7) is 7.29. The predicted molar refractivity (Wildman–Crippen MR) is 157 cm³/mol. The van der Waals surface area contributed by atoms with Crippen LogP contribution in [0.25, 0.3) is 0 Å². The highest BCUT2D eigenvalue weighted by atomic mass is 16.5. The summed E-state index contributed by atoms with van der Waals surface area (Å²) in [6.07, 6.45) is 2.73. The molecule has 6 nitrogen and oxygen atoms in total. The first kappa shape index (κ1) is 27.3. The second-order valence-electron chi connectivity index (χ2n) is 10.5. The molecule has 2 atom stereocenters. The van der Waals surface area contributed by atoms with Gasteiger partial charge in [-0.25, -0.2) is 0 Å². The summed E-state index contributed by atoms with van der Waals surface area (Å²) in [5, 5.41) is 0. The third-order valence-corrected chi connectivity index (χ3v) is 7.63. The van der Waals surface area contributed by atoms with E-state index in [1.165, 1.54) is 0 Å². The first-order chi connectivity index (χ1) is 19.5. The van der Waals surface area contributed by atoms with Gasteiger partial charge in [-0.2, -0.15) is 0 Å². The Kier molecular flexibility index (Phi) is 8.34. The minimum Gasteiger partial charge on any atom is -0.457 e. The maximum Gasteiger partial charge on any atom is 0.243 e. The Hall–Kier alpha value is -4.32. The highest BCUT2D eigenvalue weighted by Crippen LogP contribution is 2.35. The first-order valence-electron chi connectivity index (χ1n) is 14.1. The van der Waals surface area contributed by atoms with Gasteiger partial charge in [0.1, 0.15) is 18.0 Å². The Balaban J connectivity index is 1.42. The van der Waals surface area contributed by atoms with Crippen molar-refractivity contribution in [2.24, 2.45) is 0 Å². The maximum atomic E-state index is 14.0. The van der Waals surface area contributed by atoms with Crippen molar-refractivity contribution in [3.8, 4) is 11.5 Å². The Bertz CT molecular complexity index is 1430. The monoisotopic (exact) mass is 535 g/mol. The number of amides is 2. The van der Waals surface area contributed by atoms with E-state index in [9.17, 15) is 9.59 Å². The number of nitrogens with zero attached hydrogens (tertiary/aromatic N) is 3. The lowest BCUT2D eigenvalue weighted by Gasteiger charge is -2.39. The molecule has 206 valence electrons. The van der Waals surface area contributed by atoms with E-state index >= 15 is 0 Å². The zero-order valence-electron chi connectivity index (χ0n) is 23.4. The van der Waals surface area contributed by atoms with Crippen LogP contribution in [0.3, 0.4) is 0 Å². The van der Waals surface area contributed by atoms with E-state index in [4.69, 9.17) is 4.74 Å². The molecular weight excluding hydrogens is 498 g/mol. The lowest BCUT2D eigenvalue weighted by Crippen LogP contribution is -2.50. The number of rotatable bonds is 9. The molecule has 0 saturated carbocycles. The Morgan fingerprint density at radius 1 is 0.875 bits per heavy atom. The molecular formula is C34H37N3O3. The van der Waals surface area contributed by atoms with Crippen molar-refractivity contribution in [1.82, 2.24) is 14.4 Å². The van der Waals surface area contributed by atoms with Crippen molar-refractivity contribution in [3.05, 3.63) is 120 Å². The van der Waals surface area contributed by atoms with Gasteiger partial charge in [-0.1, -0.05) is 67.6 Å². The summed E-state index contributed by atoms with van der Waals surface area (Å²) >= 11 is 0. The molecule has 0 radical (unpaired) electrons. The van der Waals surface area contributed by atoms with Gasteiger partial charge in [0.05, 0.1) is 12.0 Å². The number of benzene rings is 3. The van der Waals surface area contributed by atoms with Crippen molar-refractivity contribution in [1.29, 1.82) is 0 Å². The van der Waals surface area contributed by atoms with Gasteiger partial charge >= 0.3 is 0 Å². The van der Waals surface area contributed by atoms with Gasteiger partial charge in [0.15, 0.2) is 0 Å². The number of hydrogen-bond acceptors (Lipinski definition) is 3. The third kappa shape index (κ3) is 5.81. The number of para-hydroxylation sites is 1. The van der Waals surface area contributed by atoms with Gasteiger partial charge < -0.3 is 19.1 Å². The Morgan fingerprint density at radius 2 is 1.57 bits per heavy atom. The van der Waals surface area contributed by atoms with E-state index in [-0.39, 0.29) is 36.4 Å². The number of carbonyl (C=O) groups is 2. The van der Waals surface area contributed by atoms with E-state index < -0.39 is 0 Å². The molecule has 1 aliphatic heterocycles. The summed E-state index contributed by atoms with van der Waals surface area (Å²) in [5.74, 6) is 1.13. The second-order valence-corrected chi connectivity index (χ2v) is 10.5. The molecule has 0 aliphatic carbocycles. The highest BCUT2D eigenvalue weighted by Gasteiger charge is 2.35. The normalized spacial score (nSPS) is 15.4. The number of aromatic nitrogens is 1. The molecule has 3 aromatic carbocycles. The predicted octanol–water partition coefficient (Wildman–Crippen LogP) is 6.64. The molecule has 2 unspecified atom stereocenters. The topological polar surface area (TPSA) is 54.8 Å². The van der Waals surface area contributed by atoms with E-state index in [0.717, 1.165) is 22.6 Å². The molecule has 0 bridgehead atoms. The molecule has 1 aliphatic rings. The second kappa shape index (κ2) is 12.2. The van der Waals surface area contributed by atoms with Gasteiger partial charge in [-0.15, -0.1) is 0 Å². The molecule has 2 amide bonds. The Morgan fingerprint density at radius 3 is 2.27 bits per heavy atom. The van der Waals surface area contributed by atoms with Crippen LogP contribution in [0.5, 0.6) is 11.5 Å². The van der Waals surface area contributed by atoms with Crippen LogP contribution in [-0.4, -0.2) is 45.3 Å². The molecule has 4 aromatic rings. The standard InChI is InChI=1S/C34H37N3O3/c1-4-30(26-13-7-5-8-14-26)34(39)37(25(2)3)24-32(38)36-22-21-35-20-12-19-31(35)33(36)27-15-11-18-29(23-27)40-28-16-9-6-10-17-28/h5-20,23,25,30,33H,4,21-22,24H2,1-3H3. The minimum absolute atomic E-state index is 0.00718. The number of ether oxygens (including phenoxy) is 1. The zero-order valence-corrected chi connectivity index (χ0v) is 23.4. The molecule has 6 heteroatoms. The summed E-state index contributed by atoms with van der Waals surface area (Å²) in [4.78, 5) is 31.5. The number of fused-ring (bicyclic) bond motifs is 1. The molecule has 0 N–H and O–H groups in total. The van der Waals surface area contributed by atoms with E-state index in [2.05, 4.69) is 16.8 Å². The number of hydrogen-bond donors (Lipinski definition) is 0. The zero-order chi connectivity index (χ0) is 28.1. The maximum absolute atomic E-state index is 14.0. The minimum atomic E-state index is -0.282. The van der Waals surface area contributed by atoms with Crippen molar-refractivity contribution in [2.75, 3.05) is 13.1 Å². The lowest BCUT2D eigenvalue weighted by atomic mass is 9.94. The third-order valence-electron chi connectivity index (χ3n) is 7.63. The van der Waals surface area contributed by atoms with Crippen LogP contribution in [-0.2, 0) is 16.1 Å². The highest BCUT2D eigenvalue weighted by molar-refractivity contribution is 5.89. The van der Waals surface area contributed by atoms with E-state index in [1.54, 1.807) is 4.90 Å². The van der Waals surface area contributed by atoms with Crippen molar-refractivity contribution in [3.63, 3.8) is 0 Å². The van der Waals surface area contributed by atoms with Gasteiger partial charge in [0.25, 0.3) is 0 Å². The molecule has 0 fully saturated rings. The van der Waals surface area contributed by atoms with Crippen LogP contribution < -0.4 is 4.74 Å². The average Bonchev–Trinajstić information content (AvgIpc) is 3.46.